The van der Waals surface area contributed by atoms with E-state index in [4.69, 9.17) is 0 Å². The van der Waals surface area contributed by atoms with Gasteiger partial charge in [0.05, 0.1) is 11.5 Å². The summed E-state index contributed by atoms with van der Waals surface area (Å²) >= 11 is 0. The largest absolute Gasteiger partial charge is 0.353 e. The second kappa shape index (κ2) is 6.91. The zero-order valence-corrected chi connectivity index (χ0v) is 14.4. The summed E-state index contributed by atoms with van der Waals surface area (Å²) in [5.41, 5.74) is 0.322. The zero-order valence-electron chi connectivity index (χ0n) is 13.6. The third-order valence-electron chi connectivity index (χ3n) is 4.10. The lowest BCUT2D eigenvalue weighted by molar-refractivity contribution is 0.509. The number of rotatable bonds is 5. The monoisotopic (exact) mass is 368 g/mol. The first-order chi connectivity index (χ1) is 11.9. The highest BCUT2D eigenvalue weighted by Gasteiger charge is 2.32. The number of hydrogen-bond acceptors (Lipinski definition) is 6. The van der Waals surface area contributed by atoms with Crippen molar-refractivity contribution in [1.82, 2.24) is 9.97 Å². The number of halogens is 2. The van der Waals surface area contributed by atoms with Gasteiger partial charge in [-0.15, -0.1) is 0 Å². The Kier molecular flexibility index (Phi) is 4.85. The highest BCUT2D eigenvalue weighted by molar-refractivity contribution is 7.91. The van der Waals surface area contributed by atoms with Crippen LogP contribution >= 0.6 is 0 Å². The van der Waals surface area contributed by atoms with E-state index < -0.39 is 21.5 Å². The first-order valence-corrected chi connectivity index (χ1v) is 9.72. The van der Waals surface area contributed by atoms with E-state index in [1.54, 1.807) is 6.07 Å². The summed E-state index contributed by atoms with van der Waals surface area (Å²) in [4.78, 5) is 10.4. The van der Waals surface area contributed by atoms with E-state index in [1.807, 2.05) is 11.8 Å². The zero-order chi connectivity index (χ0) is 18.0. The van der Waals surface area contributed by atoms with E-state index >= 15 is 0 Å². The van der Waals surface area contributed by atoms with Gasteiger partial charge in [0.15, 0.2) is 21.5 Å². The molecule has 0 radical (unpaired) electrons. The molecule has 0 bridgehead atoms. The van der Waals surface area contributed by atoms with Gasteiger partial charge in [-0.05, 0) is 31.5 Å². The van der Waals surface area contributed by atoms with Crippen molar-refractivity contribution >= 4 is 27.3 Å². The Morgan fingerprint density at radius 3 is 2.72 bits per heavy atom. The molecule has 1 unspecified atom stereocenters. The van der Waals surface area contributed by atoms with Crippen LogP contribution in [0.3, 0.4) is 0 Å². The highest BCUT2D eigenvalue weighted by atomic mass is 32.2. The van der Waals surface area contributed by atoms with Crippen molar-refractivity contribution in [1.29, 1.82) is 0 Å². The summed E-state index contributed by atoms with van der Waals surface area (Å²) in [6.07, 6.45) is 2.10. The fourth-order valence-corrected chi connectivity index (χ4v) is 4.63. The van der Waals surface area contributed by atoms with Crippen molar-refractivity contribution in [3.8, 4) is 0 Å². The van der Waals surface area contributed by atoms with Crippen LogP contribution in [-0.2, 0) is 9.84 Å². The molecule has 1 N–H and O–H groups in total. The summed E-state index contributed by atoms with van der Waals surface area (Å²) < 4.78 is 49.7. The van der Waals surface area contributed by atoms with Crippen LogP contribution < -0.4 is 10.2 Å². The normalized spacial score (nSPS) is 18.9. The fraction of sp³-hybridized carbons (Fsp3) is 0.375. The molecule has 1 saturated heterocycles. The molecule has 1 aliphatic rings. The maximum absolute atomic E-state index is 13.3. The predicted molar refractivity (Wildman–Crippen MR) is 91.8 cm³/mol. The summed E-state index contributed by atoms with van der Waals surface area (Å²) in [6, 6.07) is 5.00. The van der Waals surface area contributed by atoms with Crippen molar-refractivity contribution in [3.05, 3.63) is 42.1 Å². The quantitative estimate of drug-likeness (QED) is 0.874. The van der Waals surface area contributed by atoms with Gasteiger partial charge < -0.3 is 10.2 Å². The van der Waals surface area contributed by atoms with Gasteiger partial charge in [0, 0.05) is 30.5 Å². The lowest BCUT2D eigenvalue weighted by Crippen LogP contribution is -2.36. The molecule has 1 fully saturated rings. The molecule has 1 aromatic carbocycles. The maximum atomic E-state index is 13.3. The lowest BCUT2D eigenvalue weighted by Gasteiger charge is -2.28. The van der Waals surface area contributed by atoms with Crippen LogP contribution in [0.2, 0.25) is 0 Å². The second-order valence-corrected chi connectivity index (χ2v) is 8.06. The summed E-state index contributed by atoms with van der Waals surface area (Å²) in [7, 11) is -3.00. The number of anilines is 3. The molecule has 9 heteroatoms. The smallest absolute Gasteiger partial charge is 0.229 e. The third kappa shape index (κ3) is 4.04. The topological polar surface area (TPSA) is 75.2 Å². The SMILES string of the molecule is CCN(c1ccnc(Nc2ccc(F)c(F)c2)n1)C1CCS(=O)(=O)C1. The molecule has 2 aromatic rings. The van der Waals surface area contributed by atoms with Gasteiger partial charge in [0.1, 0.15) is 5.82 Å². The molecule has 0 aliphatic carbocycles. The summed E-state index contributed by atoms with van der Waals surface area (Å²) in [5, 5.41) is 2.82. The average molecular weight is 368 g/mol. The first kappa shape index (κ1) is 17.5. The fourth-order valence-electron chi connectivity index (χ4n) is 2.90. The molecule has 6 nitrogen and oxygen atoms in total. The number of sulfone groups is 1. The Labute approximate surface area is 144 Å². The van der Waals surface area contributed by atoms with E-state index in [0.717, 1.165) is 12.1 Å². The van der Waals surface area contributed by atoms with Crippen molar-refractivity contribution in [2.45, 2.75) is 19.4 Å². The molecule has 0 spiro atoms. The van der Waals surface area contributed by atoms with E-state index in [0.29, 0.717) is 24.5 Å². The molecule has 1 aromatic heterocycles. The minimum atomic E-state index is -3.00. The van der Waals surface area contributed by atoms with Crippen molar-refractivity contribution in [2.24, 2.45) is 0 Å². The first-order valence-electron chi connectivity index (χ1n) is 7.90. The molecule has 2 heterocycles. The molecule has 0 saturated carbocycles. The maximum Gasteiger partial charge on any atom is 0.229 e. The Balaban J connectivity index is 1.81. The van der Waals surface area contributed by atoms with Gasteiger partial charge in [-0.3, -0.25) is 0 Å². The van der Waals surface area contributed by atoms with E-state index in [2.05, 4.69) is 15.3 Å². The van der Waals surface area contributed by atoms with E-state index in [1.165, 1.54) is 12.3 Å². The van der Waals surface area contributed by atoms with Crippen molar-refractivity contribution in [2.75, 3.05) is 28.3 Å². The lowest BCUT2D eigenvalue weighted by atomic mass is 10.2. The Morgan fingerprint density at radius 1 is 1.28 bits per heavy atom. The molecule has 134 valence electrons. The molecule has 3 rings (SSSR count). The standard InChI is InChI=1S/C16H18F2N4O2S/c1-2-22(12-6-8-25(23,24)10-12)15-5-7-19-16(21-15)20-11-3-4-13(17)14(18)9-11/h3-5,7,9,12H,2,6,8,10H2,1H3,(H,19,20,21). The third-order valence-corrected chi connectivity index (χ3v) is 5.85. The van der Waals surface area contributed by atoms with Gasteiger partial charge in [0.25, 0.3) is 0 Å². The minimum absolute atomic E-state index is 0.108. The molecule has 1 atom stereocenters. The second-order valence-electron chi connectivity index (χ2n) is 5.84. The predicted octanol–water partition coefficient (Wildman–Crippen LogP) is 2.51. The average Bonchev–Trinajstić information content (AvgIpc) is 2.92. The minimum Gasteiger partial charge on any atom is -0.353 e. The Hall–Kier alpha value is -2.29. The molecule has 0 amide bonds. The Bertz CT molecular complexity index is 876. The van der Waals surface area contributed by atoms with E-state index in [9.17, 15) is 17.2 Å². The molecule has 1 aliphatic heterocycles. The van der Waals surface area contributed by atoms with Gasteiger partial charge in [-0.2, -0.15) is 4.98 Å². The number of hydrogen-bond donors (Lipinski definition) is 1. The Morgan fingerprint density at radius 2 is 2.08 bits per heavy atom. The van der Waals surface area contributed by atoms with Crippen LogP contribution in [0, 0.1) is 11.6 Å². The van der Waals surface area contributed by atoms with Gasteiger partial charge in [0.2, 0.25) is 5.95 Å². The molecule has 25 heavy (non-hydrogen) atoms. The van der Waals surface area contributed by atoms with Gasteiger partial charge in [-0.25, -0.2) is 22.2 Å². The summed E-state index contributed by atoms with van der Waals surface area (Å²) in [5.74, 6) is -0.796. The van der Waals surface area contributed by atoms with Gasteiger partial charge in [-0.1, -0.05) is 0 Å². The van der Waals surface area contributed by atoms with Crippen LogP contribution in [0.5, 0.6) is 0 Å². The van der Waals surface area contributed by atoms with Crippen LogP contribution in [0.4, 0.5) is 26.2 Å². The van der Waals surface area contributed by atoms with E-state index in [-0.39, 0.29) is 23.5 Å². The molecular formula is C16H18F2N4O2S. The number of aromatic nitrogens is 2. The molecular weight excluding hydrogens is 350 g/mol. The van der Waals surface area contributed by atoms with Gasteiger partial charge >= 0.3 is 0 Å². The van der Waals surface area contributed by atoms with Crippen molar-refractivity contribution in [3.63, 3.8) is 0 Å². The number of benzene rings is 1. The highest BCUT2D eigenvalue weighted by Crippen LogP contribution is 2.24. The van der Waals surface area contributed by atoms with Crippen LogP contribution in [-0.4, -0.2) is 42.5 Å². The summed E-state index contributed by atoms with van der Waals surface area (Å²) in [6.45, 7) is 2.53. The van der Waals surface area contributed by atoms with Crippen LogP contribution in [0.25, 0.3) is 0 Å². The van der Waals surface area contributed by atoms with Crippen LogP contribution in [0.1, 0.15) is 13.3 Å². The van der Waals surface area contributed by atoms with Crippen LogP contribution in [0.15, 0.2) is 30.5 Å². The van der Waals surface area contributed by atoms with Crippen molar-refractivity contribution < 1.29 is 17.2 Å². The number of nitrogens with one attached hydrogen (secondary N) is 1. The number of nitrogens with zero attached hydrogens (tertiary/aromatic N) is 3.